The third-order valence-electron chi connectivity index (χ3n) is 4.77. The first kappa shape index (κ1) is 18.6. The number of anilines is 2. The van der Waals surface area contributed by atoms with E-state index >= 15 is 0 Å². The first-order valence-electron chi connectivity index (χ1n) is 9.79. The zero-order chi connectivity index (χ0) is 20.3. The van der Waals surface area contributed by atoms with Crippen LogP contribution >= 0.6 is 11.8 Å². The van der Waals surface area contributed by atoms with Gasteiger partial charge < -0.3 is 10.6 Å². The van der Waals surface area contributed by atoms with Gasteiger partial charge in [0.15, 0.2) is 5.82 Å². The molecule has 150 valence electrons. The summed E-state index contributed by atoms with van der Waals surface area (Å²) in [5, 5.41) is 14.4. The summed E-state index contributed by atoms with van der Waals surface area (Å²) in [6.45, 7) is 0. The lowest BCUT2D eigenvalue weighted by molar-refractivity contribution is -0.118. The van der Waals surface area contributed by atoms with Crippen LogP contribution in [0.15, 0.2) is 65.8 Å². The Hall–Kier alpha value is -3.39. The van der Waals surface area contributed by atoms with Gasteiger partial charge in [-0.15, -0.1) is 11.8 Å². The molecular weight excluding hydrogens is 396 g/mol. The lowest BCUT2D eigenvalue weighted by Gasteiger charge is -2.08. The zero-order valence-electron chi connectivity index (χ0n) is 16.1. The van der Waals surface area contributed by atoms with Gasteiger partial charge in [-0.2, -0.15) is 5.10 Å². The van der Waals surface area contributed by atoms with E-state index in [0.29, 0.717) is 23.4 Å². The van der Waals surface area contributed by atoms with E-state index in [1.807, 2.05) is 48.5 Å². The van der Waals surface area contributed by atoms with Crippen LogP contribution in [0.5, 0.6) is 0 Å². The standard InChI is InChI=1S/C22H20N6OS/c29-21(26-16-4-5-16)13-30-18-3-1-2-14(11-18)22-23-9-8-20(27-22)25-17-6-7-19-15(10-17)12-24-28-19/h1-3,6-12,16H,4-5,13H2,(H,24,28)(H,26,29)(H,23,25,27). The molecule has 0 aliphatic heterocycles. The first-order valence-corrected chi connectivity index (χ1v) is 10.8. The molecule has 2 aromatic carbocycles. The molecule has 30 heavy (non-hydrogen) atoms. The van der Waals surface area contributed by atoms with Crippen LogP contribution in [-0.2, 0) is 4.79 Å². The van der Waals surface area contributed by atoms with Crippen molar-refractivity contribution >= 4 is 40.1 Å². The molecule has 1 aliphatic rings. The molecule has 4 aromatic rings. The van der Waals surface area contributed by atoms with E-state index in [1.54, 1.807) is 12.4 Å². The number of hydrogen-bond donors (Lipinski definition) is 3. The largest absolute Gasteiger partial charge is 0.353 e. The van der Waals surface area contributed by atoms with Crippen molar-refractivity contribution in [2.75, 3.05) is 11.1 Å². The van der Waals surface area contributed by atoms with Crippen LogP contribution in [0.4, 0.5) is 11.5 Å². The Bertz CT molecular complexity index is 1200. The van der Waals surface area contributed by atoms with Crippen molar-refractivity contribution in [1.29, 1.82) is 0 Å². The molecule has 1 fully saturated rings. The van der Waals surface area contributed by atoms with Crippen LogP contribution in [0.25, 0.3) is 22.3 Å². The molecule has 3 N–H and O–H groups in total. The Balaban J connectivity index is 1.29. The van der Waals surface area contributed by atoms with Gasteiger partial charge in [-0.05, 0) is 49.2 Å². The van der Waals surface area contributed by atoms with Crippen LogP contribution in [0.3, 0.4) is 0 Å². The molecule has 0 saturated heterocycles. The molecule has 1 aliphatic carbocycles. The average molecular weight is 417 g/mol. The third kappa shape index (κ3) is 4.44. The molecule has 2 heterocycles. The minimum Gasteiger partial charge on any atom is -0.353 e. The highest BCUT2D eigenvalue weighted by molar-refractivity contribution is 8.00. The molecule has 2 aromatic heterocycles. The molecular formula is C22H20N6OS. The predicted octanol–water partition coefficient (Wildman–Crippen LogP) is 4.13. The highest BCUT2D eigenvalue weighted by atomic mass is 32.2. The number of H-pyrrole nitrogens is 1. The van der Waals surface area contributed by atoms with E-state index in [9.17, 15) is 4.79 Å². The summed E-state index contributed by atoms with van der Waals surface area (Å²) in [5.74, 6) is 1.85. The highest BCUT2D eigenvalue weighted by Gasteiger charge is 2.23. The van der Waals surface area contributed by atoms with Crippen molar-refractivity contribution in [2.24, 2.45) is 0 Å². The smallest absolute Gasteiger partial charge is 0.230 e. The van der Waals surface area contributed by atoms with Crippen LogP contribution < -0.4 is 10.6 Å². The molecule has 7 nitrogen and oxygen atoms in total. The topological polar surface area (TPSA) is 95.6 Å². The first-order chi connectivity index (χ1) is 14.7. The summed E-state index contributed by atoms with van der Waals surface area (Å²) in [6.07, 6.45) is 5.73. The van der Waals surface area contributed by atoms with E-state index in [1.165, 1.54) is 11.8 Å². The van der Waals surface area contributed by atoms with Gasteiger partial charge >= 0.3 is 0 Å². The van der Waals surface area contributed by atoms with Crippen LogP contribution in [-0.4, -0.2) is 37.9 Å². The molecule has 0 radical (unpaired) electrons. The van der Waals surface area contributed by atoms with Gasteiger partial charge in [0.25, 0.3) is 0 Å². The van der Waals surface area contributed by atoms with Gasteiger partial charge in [0.1, 0.15) is 5.82 Å². The summed E-state index contributed by atoms with van der Waals surface area (Å²) in [4.78, 5) is 22.0. The monoisotopic (exact) mass is 416 g/mol. The maximum atomic E-state index is 11.9. The van der Waals surface area contributed by atoms with E-state index in [-0.39, 0.29) is 5.91 Å². The number of benzene rings is 2. The molecule has 8 heteroatoms. The molecule has 1 saturated carbocycles. The maximum Gasteiger partial charge on any atom is 0.230 e. The van der Waals surface area contributed by atoms with Crippen molar-refractivity contribution in [3.8, 4) is 11.4 Å². The molecule has 0 spiro atoms. The summed E-state index contributed by atoms with van der Waals surface area (Å²) < 4.78 is 0. The van der Waals surface area contributed by atoms with E-state index < -0.39 is 0 Å². The van der Waals surface area contributed by atoms with Crippen molar-refractivity contribution in [1.82, 2.24) is 25.5 Å². The van der Waals surface area contributed by atoms with Crippen molar-refractivity contribution in [3.05, 3.63) is 60.9 Å². The average Bonchev–Trinajstić information content (AvgIpc) is 3.46. The summed E-state index contributed by atoms with van der Waals surface area (Å²) in [5.41, 5.74) is 2.83. The Labute approximate surface area is 177 Å². The van der Waals surface area contributed by atoms with Crippen LogP contribution in [0.1, 0.15) is 12.8 Å². The minimum absolute atomic E-state index is 0.0879. The predicted molar refractivity (Wildman–Crippen MR) is 119 cm³/mol. The van der Waals surface area contributed by atoms with E-state index in [2.05, 4.69) is 30.8 Å². The van der Waals surface area contributed by atoms with E-state index in [0.717, 1.165) is 39.9 Å². The normalized spacial score (nSPS) is 13.3. The van der Waals surface area contributed by atoms with Crippen LogP contribution in [0.2, 0.25) is 0 Å². The molecule has 0 bridgehead atoms. The van der Waals surface area contributed by atoms with Crippen molar-refractivity contribution < 1.29 is 4.79 Å². The number of fused-ring (bicyclic) bond motifs is 1. The molecule has 0 unspecified atom stereocenters. The number of nitrogens with zero attached hydrogens (tertiary/aromatic N) is 3. The summed E-state index contributed by atoms with van der Waals surface area (Å²) in [7, 11) is 0. The van der Waals surface area contributed by atoms with Gasteiger partial charge in [-0.25, -0.2) is 9.97 Å². The Kier molecular flexibility index (Phi) is 5.06. The number of aromatic nitrogens is 4. The van der Waals surface area contributed by atoms with Gasteiger partial charge in [0.05, 0.1) is 17.5 Å². The highest BCUT2D eigenvalue weighted by Crippen LogP contribution is 2.26. The lowest BCUT2D eigenvalue weighted by atomic mass is 10.2. The van der Waals surface area contributed by atoms with Crippen molar-refractivity contribution in [2.45, 2.75) is 23.8 Å². The van der Waals surface area contributed by atoms with Crippen molar-refractivity contribution in [3.63, 3.8) is 0 Å². The fourth-order valence-electron chi connectivity index (χ4n) is 3.11. The Morgan fingerprint density at radius 1 is 1.17 bits per heavy atom. The Morgan fingerprint density at radius 3 is 3.00 bits per heavy atom. The molecule has 1 amide bonds. The quantitative estimate of drug-likeness (QED) is 0.392. The SMILES string of the molecule is O=C(CSc1cccc(-c2nccc(Nc3ccc4[nH]ncc4c3)n2)c1)NC1CC1. The third-order valence-corrected chi connectivity index (χ3v) is 5.77. The van der Waals surface area contributed by atoms with E-state index in [4.69, 9.17) is 0 Å². The number of aromatic amines is 1. The number of thioether (sulfide) groups is 1. The second-order valence-electron chi connectivity index (χ2n) is 7.22. The summed E-state index contributed by atoms with van der Waals surface area (Å²) >= 11 is 1.52. The van der Waals surface area contributed by atoms with Gasteiger partial charge in [0, 0.05) is 33.8 Å². The fourth-order valence-corrected chi connectivity index (χ4v) is 3.87. The second-order valence-corrected chi connectivity index (χ2v) is 8.27. The lowest BCUT2D eigenvalue weighted by Crippen LogP contribution is -2.26. The van der Waals surface area contributed by atoms with Crippen LogP contribution in [0, 0.1) is 0 Å². The van der Waals surface area contributed by atoms with Gasteiger partial charge in [-0.1, -0.05) is 12.1 Å². The maximum absolute atomic E-state index is 11.9. The number of carbonyl (C=O) groups is 1. The fraction of sp³-hybridized carbons (Fsp3) is 0.182. The number of rotatable bonds is 7. The van der Waals surface area contributed by atoms with Gasteiger partial charge in [-0.3, -0.25) is 9.89 Å². The summed E-state index contributed by atoms with van der Waals surface area (Å²) in [6, 6.07) is 16.2. The number of amides is 1. The number of hydrogen-bond acceptors (Lipinski definition) is 6. The minimum atomic E-state index is 0.0879. The second kappa shape index (κ2) is 8.16. The number of nitrogens with one attached hydrogen (secondary N) is 3. The zero-order valence-corrected chi connectivity index (χ0v) is 16.9. The number of carbonyl (C=O) groups excluding carboxylic acids is 1. The van der Waals surface area contributed by atoms with Gasteiger partial charge in [0.2, 0.25) is 5.91 Å². The Morgan fingerprint density at radius 2 is 2.10 bits per heavy atom. The molecule has 5 rings (SSSR count). The molecule has 0 atom stereocenters.